The number of carbonyl (C=O) groups excluding carboxylic acids is 3. The monoisotopic (exact) mass is 446 g/mol. The van der Waals surface area contributed by atoms with Gasteiger partial charge in [-0.2, -0.15) is 0 Å². The second-order valence-electron chi connectivity index (χ2n) is 9.05. The Kier molecular flexibility index (Phi) is 12.4. The van der Waals surface area contributed by atoms with E-state index in [1.807, 2.05) is 0 Å². The van der Waals surface area contributed by atoms with E-state index in [2.05, 4.69) is 21.3 Å². The number of amides is 4. The highest BCUT2D eigenvalue weighted by Crippen LogP contribution is 2.10. The van der Waals surface area contributed by atoms with Crippen molar-refractivity contribution in [1.29, 1.82) is 0 Å². The number of unbranched alkanes of at least 4 members (excludes halogenated alkanes) is 1. The summed E-state index contributed by atoms with van der Waals surface area (Å²) < 4.78 is 10.3. The van der Waals surface area contributed by atoms with Gasteiger partial charge in [0.05, 0.1) is 0 Å². The third-order valence-electron chi connectivity index (χ3n) is 3.52. The van der Waals surface area contributed by atoms with Crippen LogP contribution in [0.4, 0.5) is 14.4 Å². The van der Waals surface area contributed by atoms with Crippen molar-refractivity contribution in [1.82, 2.24) is 21.3 Å². The third-order valence-corrected chi connectivity index (χ3v) is 3.52. The van der Waals surface area contributed by atoms with Crippen LogP contribution >= 0.6 is 0 Å². The first-order chi connectivity index (χ1) is 14.2. The van der Waals surface area contributed by atoms with E-state index in [1.165, 1.54) is 0 Å². The molecule has 0 aromatic heterocycles. The summed E-state index contributed by atoms with van der Waals surface area (Å²) in [5.74, 6) is -0.296. The molecule has 0 aromatic rings. The largest absolute Gasteiger partial charge is 0.465 e. The predicted molar refractivity (Wildman–Crippen MR) is 115 cm³/mol. The van der Waals surface area contributed by atoms with Gasteiger partial charge in [0.1, 0.15) is 11.2 Å². The topological polar surface area (TPSA) is 155 Å². The first-order valence-corrected chi connectivity index (χ1v) is 10.4. The van der Waals surface area contributed by atoms with Gasteiger partial charge in [0.15, 0.2) is 0 Å². The number of carbonyl (C=O) groups is 4. The van der Waals surface area contributed by atoms with Gasteiger partial charge in [0, 0.05) is 32.1 Å². The summed E-state index contributed by atoms with van der Waals surface area (Å²) in [6.07, 6.45) is -0.610. The molecule has 0 rings (SSSR count). The van der Waals surface area contributed by atoms with Crippen LogP contribution in [-0.2, 0) is 14.3 Å². The van der Waals surface area contributed by atoms with E-state index in [0.717, 1.165) is 0 Å². The Bertz CT molecular complexity index is 597. The molecule has 0 saturated carbocycles. The van der Waals surface area contributed by atoms with E-state index in [4.69, 9.17) is 14.6 Å². The summed E-state index contributed by atoms with van der Waals surface area (Å²) in [5, 5.41) is 18.8. The molecule has 11 heteroatoms. The van der Waals surface area contributed by atoms with E-state index >= 15 is 0 Å². The highest BCUT2D eigenvalue weighted by Gasteiger charge is 2.21. The normalized spacial score (nSPS) is 12.3. The van der Waals surface area contributed by atoms with Crippen molar-refractivity contribution < 1.29 is 33.8 Å². The van der Waals surface area contributed by atoms with Crippen LogP contribution in [0.25, 0.3) is 0 Å². The van der Waals surface area contributed by atoms with Gasteiger partial charge < -0.3 is 35.8 Å². The molecule has 0 radical (unpaired) electrons. The maximum atomic E-state index is 12.2. The SMILES string of the molecule is CC(C)(C)OC(=O)NCCNC(=O)C[C@H](CCCCNC(=O)O)NC(=O)OC(C)(C)C. The molecule has 31 heavy (non-hydrogen) atoms. The molecule has 11 nitrogen and oxygen atoms in total. The van der Waals surface area contributed by atoms with Crippen molar-refractivity contribution in [3.63, 3.8) is 0 Å². The lowest BCUT2D eigenvalue weighted by Crippen LogP contribution is -2.43. The summed E-state index contributed by atoms with van der Waals surface area (Å²) in [6.45, 7) is 11.2. The minimum absolute atomic E-state index is 0.0258. The van der Waals surface area contributed by atoms with Crippen LogP contribution in [-0.4, -0.2) is 66.2 Å². The molecule has 0 aliphatic rings. The summed E-state index contributed by atoms with van der Waals surface area (Å²) in [4.78, 5) is 46.4. The van der Waals surface area contributed by atoms with Gasteiger partial charge >= 0.3 is 18.3 Å². The lowest BCUT2D eigenvalue weighted by Gasteiger charge is -2.23. The Labute approximate surface area is 184 Å². The second-order valence-corrected chi connectivity index (χ2v) is 9.05. The average Bonchev–Trinajstić information content (AvgIpc) is 2.54. The van der Waals surface area contributed by atoms with Crippen LogP contribution in [0.5, 0.6) is 0 Å². The van der Waals surface area contributed by atoms with Gasteiger partial charge in [-0.15, -0.1) is 0 Å². The molecule has 1 atom stereocenters. The number of alkyl carbamates (subject to hydrolysis) is 2. The molecular formula is C20H38N4O7. The molecule has 5 N–H and O–H groups in total. The molecular weight excluding hydrogens is 408 g/mol. The Balaban J connectivity index is 4.47. The molecule has 0 unspecified atom stereocenters. The highest BCUT2D eigenvalue weighted by molar-refractivity contribution is 5.77. The minimum Gasteiger partial charge on any atom is -0.465 e. The quantitative estimate of drug-likeness (QED) is 0.305. The molecule has 0 aliphatic heterocycles. The molecule has 0 aromatic carbocycles. The molecule has 0 aliphatic carbocycles. The molecule has 0 saturated heterocycles. The van der Waals surface area contributed by atoms with Gasteiger partial charge in [0.25, 0.3) is 0 Å². The average molecular weight is 447 g/mol. The van der Waals surface area contributed by atoms with Crippen LogP contribution < -0.4 is 21.3 Å². The van der Waals surface area contributed by atoms with E-state index in [9.17, 15) is 19.2 Å². The van der Waals surface area contributed by atoms with Gasteiger partial charge in [-0.3, -0.25) is 4.79 Å². The fourth-order valence-electron chi connectivity index (χ4n) is 2.39. The summed E-state index contributed by atoms with van der Waals surface area (Å²) >= 11 is 0. The Morgan fingerprint density at radius 2 is 1.32 bits per heavy atom. The molecule has 0 fully saturated rings. The molecule has 0 heterocycles. The minimum atomic E-state index is -1.09. The molecule has 4 amide bonds. The second kappa shape index (κ2) is 13.6. The van der Waals surface area contributed by atoms with Crippen LogP contribution in [0.2, 0.25) is 0 Å². The number of ether oxygens (including phenoxy) is 2. The van der Waals surface area contributed by atoms with Crippen molar-refractivity contribution in [3.05, 3.63) is 0 Å². The van der Waals surface area contributed by atoms with Crippen molar-refractivity contribution >= 4 is 24.2 Å². The van der Waals surface area contributed by atoms with E-state index < -0.39 is 35.5 Å². The first-order valence-electron chi connectivity index (χ1n) is 10.4. The van der Waals surface area contributed by atoms with Crippen molar-refractivity contribution in [3.8, 4) is 0 Å². The van der Waals surface area contributed by atoms with Crippen LogP contribution in [0.1, 0.15) is 67.2 Å². The molecule has 0 bridgehead atoms. The van der Waals surface area contributed by atoms with Gasteiger partial charge in [0.2, 0.25) is 5.91 Å². The first kappa shape index (κ1) is 28.3. The van der Waals surface area contributed by atoms with E-state index in [0.29, 0.717) is 19.3 Å². The van der Waals surface area contributed by atoms with Crippen LogP contribution in [0, 0.1) is 0 Å². The number of hydrogen-bond acceptors (Lipinski definition) is 6. The summed E-state index contributed by atoms with van der Waals surface area (Å²) in [5.41, 5.74) is -1.27. The summed E-state index contributed by atoms with van der Waals surface area (Å²) in [7, 11) is 0. The van der Waals surface area contributed by atoms with Crippen LogP contribution in [0.15, 0.2) is 0 Å². The Morgan fingerprint density at radius 3 is 1.87 bits per heavy atom. The molecule has 180 valence electrons. The maximum Gasteiger partial charge on any atom is 0.407 e. The Hall–Kier alpha value is -2.72. The zero-order valence-corrected chi connectivity index (χ0v) is 19.4. The van der Waals surface area contributed by atoms with Crippen molar-refractivity contribution in [2.24, 2.45) is 0 Å². The third kappa shape index (κ3) is 19.0. The highest BCUT2D eigenvalue weighted by atomic mass is 16.6. The van der Waals surface area contributed by atoms with Crippen molar-refractivity contribution in [2.45, 2.75) is 84.5 Å². The van der Waals surface area contributed by atoms with E-state index in [-0.39, 0.29) is 32.0 Å². The smallest absolute Gasteiger partial charge is 0.407 e. The lowest BCUT2D eigenvalue weighted by molar-refractivity contribution is -0.121. The Morgan fingerprint density at radius 1 is 0.774 bits per heavy atom. The fourth-order valence-corrected chi connectivity index (χ4v) is 2.39. The van der Waals surface area contributed by atoms with E-state index in [1.54, 1.807) is 41.5 Å². The summed E-state index contributed by atoms with van der Waals surface area (Å²) in [6, 6.07) is -0.474. The van der Waals surface area contributed by atoms with Crippen molar-refractivity contribution in [2.75, 3.05) is 19.6 Å². The lowest BCUT2D eigenvalue weighted by atomic mass is 10.1. The molecule has 0 spiro atoms. The maximum absolute atomic E-state index is 12.2. The zero-order valence-electron chi connectivity index (χ0n) is 19.4. The number of hydrogen-bond donors (Lipinski definition) is 5. The zero-order chi connectivity index (χ0) is 24.1. The number of rotatable bonds is 11. The number of nitrogens with one attached hydrogen (secondary N) is 4. The number of carboxylic acid groups (broad SMARTS) is 1. The standard InChI is InChI=1S/C20H38N4O7/c1-19(2,3)30-17(28)23-12-11-21-15(25)13-14(9-7-8-10-22-16(26)27)24-18(29)31-20(4,5)6/h14,22H,7-13H2,1-6H3,(H,21,25)(H,23,28)(H,24,29)(H,26,27)/t14-/m0/s1. The van der Waals surface area contributed by atoms with Crippen LogP contribution in [0.3, 0.4) is 0 Å². The van der Waals surface area contributed by atoms with Gasteiger partial charge in [-0.05, 0) is 60.8 Å². The fraction of sp³-hybridized carbons (Fsp3) is 0.800. The van der Waals surface area contributed by atoms with Gasteiger partial charge in [-0.1, -0.05) is 0 Å². The predicted octanol–water partition coefficient (Wildman–Crippen LogP) is 2.35. The van der Waals surface area contributed by atoms with Gasteiger partial charge in [-0.25, -0.2) is 14.4 Å².